The highest BCUT2D eigenvalue weighted by molar-refractivity contribution is 5.95. The van der Waals surface area contributed by atoms with E-state index in [2.05, 4.69) is 10.6 Å². The summed E-state index contributed by atoms with van der Waals surface area (Å²) in [6.45, 7) is 3.35. The molecule has 0 bridgehead atoms. The number of hydrogen-bond donors (Lipinski definition) is 3. The first-order valence-electron chi connectivity index (χ1n) is 6.03. The number of hydrogen-bond acceptors (Lipinski definition) is 3. The molecule has 1 fully saturated rings. The second kappa shape index (κ2) is 5.36. The summed E-state index contributed by atoms with van der Waals surface area (Å²) in [5.74, 6) is -2.29. The lowest BCUT2D eigenvalue weighted by atomic mass is 9.97. The summed E-state index contributed by atoms with van der Waals surface area (Å²) in [4.78, 5) is 22.8. The average molecular weight is 266 g/mol. The molecule has 102 valence electrons. The van der Waals surface area contributed by atoms with Gasteiger partial charge < -0.3 is 15.7 Å². The van der Waals surface area contributed by atoms with Crippen LogP contribution in [0.4, 0.5) is 10.1 Å². The predicted octanol–water partition coefficient (Wildman–Crippen LogP) is 1.32. The fraction of sp³-hybridized carbons (Fsp3) is 0.385. The minimum absolute atomic E-state index is 0.154. The van der Waals surface area contributed by atoms with Crippen LogP contribution in [-0.4, -0.2) is 30.1 Å². The third-order valence-corrected chi connectivity index (χ3v) is 3.32. The van der Waals surface area contributed by atoms with Crippen LogP contribution >= 0.6 is 0 Å². The molecular formula is C13H15FN2O3. The standard InChI is InChI=1S/C13H15FN2O3/c1-7-5-15-6-10(7)12(17)16-8-2-3-11(14)9(4-8)13(18)19/h2-4,7,10,15H,5-6H2,1H3,(H,16,17)(H,18,19)/t7-,10-/m1/s1. The van der Waals surface area contributed by atoms with Crippen molar-refractivity contribution in [3.05, 3.63) is 29.6 Å². The van der Waals surface area contributed by atoms with Crippen molar-refractivity contribution in [1.29, 1.82) is 0 Å². The number of amides is 1. The van der Waals surface area contributed by atoms with Crippen LogP contribution in [0.15, 0.2) is 18.2 Å². The van der Waals surface area contributed by atoms with E-state index < -0.39 is 17.3 Å². The number of carboxylic acids is 1. The molecule has 1 amide bonds. The van der Waals surface area contributed by atoms with Gasteiger partial charge in [-0.3, -0.25) is 4.79 Å². The van der Waals surface area contributed by atoms with Gasteiger partial charge in [0.1, 0.15) is 5.82 Å². The van der Waals surface area contributed by atoms with Crippen LogP contribution in [0.2, 0.25) is 0 Å². The summed E-state index contributed by atoms with van der Waals surface area (Å²) < 4.78 is 13.2. The highest BCUT2D eigenvalue weighted by Gasteiger charge is 2.29. The molecule has 5 nitrogen and oxygen atoms in total. The average Bonchev–Trinajstić information content (AvgIpc) is 2.77. The Morgan fingerprint density at radius 2 is 2.16 bits per heavy atom. The van der Waals surface area contributed by atoms with Crippen molar-refractivity contribution in [2.24, 2.45) is 11.8 Å². The molecule has 2 atom stereocenters. The molecule has 1 aliphatic heterocycles. The van der Waals surface area contributed by atoms with Gasteiger partial charge in [-0.05, 0) is 30.7 Å². The van der Waals surface area contributed by atoms with Gasteiger partial charge in [0.05, 0.1) is 11.5 Å². The van der Waals surface area contributed by atoms with Crippen LogP contribution in [0.25, 0.3) is 0 Å². The molecule has 3 N–H and O–H groups in total. The van der Waals surface area contributed by atoms with Gasteiger partial charge in [0, 0.05) is 12.2 Å². The van der Waals surface area contributed by atoms with Crippen molar-refractivity contribution in [3.8, 4) is 0 Å². The van der Waals surface area contributed by atoms with E-state index in [-0.39, 0.29) is 17.7 Å². The molecule has 19 heavy (non-hydrogen) atoms. The van der Waals surface area contributed by atoms with E-state index >= 15 is 0 Å². The lowest BCUT2D eigenvalue weighted by molar-refractivity contribution is -0.120. The van der Waals surface area contributed by atoms with E-state index in [1.165, 1.54) is 6.07 Å². The molecule has 0 aliphatic carbocycles. The van der Waals surface area contributed by atoms with Gasteiger partial charge in [0.2, 0.25) is 5.91 Å². The van der Waals surface area contributed by atoms with Gasteiger partial charge in [-0.15, -0.1) is 0 Å². The number of rotatable bonds is 3. The quantitative estimate of drug-likeness (QED) is 0.771. The van der Waals surface area contributed by atoms with E-state index in [1.807, 2.05) is 6.92 Å². The number of benzene rings is 1. The van der Waals surface area contributed by atoms with Crippen LogP contribution in [0.1, 0.15) is 17.3 Å². The fourth-order valence-corrected chi connectivity index (χ4v) is 2.16. The smallest absolute Gasteiger partial charge is 0.338 e. The Balaban J connectivity index is 2.13. The Labute approximate surface area is 109 Å². The van der Waals surface area contributed by atoms with Crippen molar-refractivity contribution >= 4 is 17.6 Å². The summed E-state index contributed by atoms with van der Waals surface area (Å²) >= 11 is 0. The largest absolute Gasteiger partial charge is 0.478 e. The Morgan fingerprint density at radius 1 is 1.42 bits per heavy atom. The van der Waals surface area contributed by atoms with Crippen LogP contribution in [-0.2, 0) is 4.79 Å². The molecule has 1 aliphatic rings. The number of halogens is 1. The van der Waals surface area contributed by atoms with Crippen LogP contribution in [0, 0.1) is 17.7 Å². The van der Waals surface area contributed by atoms with Crippen LogP contribution in [0.3, 0.4) is 0 Å². The van der Waals surface area contributed by atoms with Gasteiger partial charge in [0.25, 0.3) is 0 Å². The molecule has 6 heteroatoms. The SMILES string of the molecule is C[C@@H]1CNC[C@H]1C(=O)Nc1ccc(F)c(C(=O)O)c1. The molecule has 0 saturated carbocycles. The number of aromatic carboxylic acids is 1. The molecule has 0 spiro atoms. The van der Waals surface area contributed by atoms with Crippen LogP contribution in [0.5, 0.6) is 0 Å². The summed E-state index contributed by atoms with van der Waals surface area (Å²) in [7, 11) is 0. The second-order valence-corrected chi connectivity index (χ2v) is 4.73. The first kappa shape index (κ1) is 13.5. The van der Waals surface area contributed by atoms with Crippen molar-refractivity contribution in [2.75, 3.05) is 18.4 Å². The number of nitrogens with one attached hydrogen (secondary N) is 2. The zero-order chi connectivity index (χ0) is 14.0. The molecule has 1 saturated heterocycles. The van der Waals surface area contributed by atoms with Gasteiger partial charge in [-0.25, -0.2) is 9.18 Å². The fourth-order valence-electron chi connectivity index (χ4n) is 2.16. The third-order valence-electron chi connectivity index (χ3n) is 3.32. The summed E-state index contributed by atoms with van der Waals surface area (Å²) in [6.07, 6.45) is 0. The van der Waals surface area contributed by atoms with Gasteiger partial charge in [-0.2, -0.15) is 0 Å². The van der Waals surface area contributed by atoms with Crippen molar-refractivity contribution in [3.63, 3.8) is 0 Å². The molecule has 0 unspecified atom stereocenters. The lowest BCUT2D eigenvalue weighted by Gasteiger charge is -2.14. The first-order valence-corrected chi connectivity index (χ1v) is 6.03. The molecule has 1 aromatic rings. The molecular weight excluding hydrogens is 251 g/mol. The summed E-state index contributed by atoms with van der Waals surface area (Å²) in [6, 6.07) is 3.52. The predicted molar refractivity (Wildman–Crippen MR) is 67.5 cm³/mol. The monoisotopic (exact) mass is 266 g/mol. The lowest BCUT2D eigenvalue weighted by Crippen LogP contribution is -2.27. The topological polar surface area (TPSA) is 78.4 Å². The van der Waals surface area contributed by atoms with E-state index in [4.69, 9.17) is 5.11 Å². The summed E-state index contributed by atoms with van der Waals surface area (Å²) in [5, 5.41) is 14.6. The van der Waals surface area contributed by atoms with Gasteiger partial charge in [-0.1, -0.05) is 6.92 Å². The number of carboxylic acid groups (broad SMARTS) is 1. The number of carbonyl (C=O) groups excluding carboxylic acids is 1. The minimum atomic E-state index is -1.36. The zero-order valence-corrected chi connectivity index (χ0v) is 10.4. The van der Waals surface area contributed by atoms with Crippen molar-refractivity contribution in [2.45, 2.75) is 6.92 Å². The molecule has 0 radical (unpaired) electrons. The molecule has 1 aromatic carbocycles. The van der Waals surface area contributed by atoms with Crippen molar-refractivity contribution in [1.82, 2.24) is 5.32 Å². The van der Waals surface area contributed by atoms with E-state index in [0.717, 1.165) is 18.7 Å². The second-order valence-electron chi connectivity index (χ2n) is 4.73. The highest BCUT2D eigenvalue weighted by Crippen LogP contribution is 2.20. The molecule has 2 rings (SSSR count). The maximum Gasteiger partial charge on any atom is 0.338 e. The van der Waals surface area contributed by atoms with E-state index in [9.17, 15) is 14.0 Å². The Kier molecular flexibility index (Phi) is 3.80. The van der Waals surface area contributed by atoms with E-state index in [0.29, 0.717) is 12.2 Å². The van der Waals surface area contributed by atoms with Gasteiger partial charge in [0.15, 0.2) is 0 Å². The zero-order valence-electron chi connectivity index (χ0n) is 10.4. The van der Waals surface area contributed by atoms with Crippen LogP contribution < -0.4 is 10.6 Å². The maximum absolute atomic E-state index is 13.2. The molecule has 0 aromatic heterocycles. The van der Waals surface area contributed by atoms with E-state index in [1.54, 1.807) is 0 Å². The Hall–Kier alpha value is -1.95. The highest BCUT2D eigenvalue weighted by atomic mass is 19.1. The third kappa shape index (κ3) is 2.90. The number of carbonyl (C=O) groups is 2. The van der Waals surface area contributed by atoms with Crippen molar-refractivity contribution < 1.29 is 19.1 Å². The minimum Gasteiger partial charge on any atom is -0.478 e. The summed E-state index contributed by atoms with van der Waals surface area (Å²) in [5.41, 5.74) is -0.154. The molecule has 1 heterocycles. The maximum atomic E-state index is 13.2. The normalized spacial score (nSPS) is 22.2. The van der Waals surface area contributed by atoms with Gasteiger partial charge >= 0.3 is 5.97 Å². The first-order chi connectivity index (χ1) is 8.99. The Bertz CT molecular complexity index is 519. The Morgan fingerprint density at radius 3 is 2.74 bits per heavy atom. The number of anilines is 1.